The molecule has 0 heterocycles. The summed E-state index contributed by atoms with van der Waals surface area (Å²) in [6.45, 7) is 3.90. The number of nitrogens with zero attached hydrogens (tertiary/aromatic N) is 1. The Balaban J connectivity index is 3.01. The highest BCUT2D eigenvalue weighted by Crippen LogP contribution is 2.13. The number of ketones is 1. The highest BCUT2D eigenvalue weighted by molar-refractivity contribution is 5.95. The van der Waals surface area contributed by atoms with Gasteiger partial charge in [-0.1, -0.05) is 18.2 Å². The van der Waals surface area contributed by atoms with Gasteiger partial charge in [-0.2, -0.15) is 5.26 Å². The molecule has 0 bridgehead atoms. The van der Waals surface area contributed by atoms with Gasteiger partial charge in [-0.3, -0.25) is 4.79 Å². The van der Waals surface area contributed by atoms with E-state index in [2.05, 4.69) is 0 Å². The zero-order valence-corrected chi connectivity index (χ0v) is 7.79. The number of nitriles is 1. The van der Waals surface area contributed by atoms with Crippen molar-refractivity contribution in [3.8, 4) is 6.07 Å². The number of Topliss-reactive ketones (excluding diaryl/α,β-unsaturated/α-hetero) is 1. The molecular formula is C11H11NO. The van der Waals surface area contributed by atoms with Gasteiger partial charge < -0.3 is 0 Å². The van der Waals surface area contributed by atoms with E-state index in [1.165, 1.54) is 0 Å². The van der Waals surface area contributed by atoms with E-state index in [1.54, 1.807) is 6.07 Å². The molecule has 2 heteroatoms. The maximum absolute atomic E-state index is 10.9. The maximum Gasteiger partial charge on any atom is 0.236 e. The lowest BCUT2D eigenvalue weighted by atomic mass is 9.99. The van der Waals surface area contributed by atoms with E-state index in [-0.39, 0.29) is 12.2 Å². The van der Waals surface area contributed by atoms with E-state index in [0.29, 0.717) is 0 Å². The molecule has 0 aliphatic heterocycles. The summed E-state index contributed by atoms with van der Waals surface area (Å²) in [5, 5.41) is 8.38. The van der Waals surface area contributed by atoms with E-state index < -0.39 is 0 Å². The second-order valence-corrected chi connectivity index (χ2v) is 3.08. The minimum atomic E-state index is -0.377. The van der Waals surface area contributed by atoms with E-state index in [1.807, 2.05) is 32.0 Å². The molecule has 1 aromatic rings. The van der Waals surface area contributed by atoms with Crippen LogP contribution in [0.1, 0.15) is 16.7 Å². The fourth-order valence-electron chi connectivity index (χ4n) is 1.33. The number of carbonyl (C=O) groups excluding carboxylic acids is 1. The fourth-order valence-corrected chi connectivity index (χ4v) is 1.33. The predicted molar refractivity (Wildman–Crippen MR) is 50.2 cm³/mol. The van der Waals surface area contributed by atoms with Crippen LogP contribution in [0.5, 0.6) is 0 Å². The fraction of sp³-hybridized carbons (Fsp3) is 0.273. The quantitative estimate of drug-likeness (QED) is 0.641. The molecule has 0 aliphatic carbocycles. The monoisotopic (exact) mass is 173 g/mol. The number of benzene rings is 1. The molecule has 1 rings (SSSR count). The third-order valence-electron chi connectivity index (χ3n) is 2.11. The van der Waals surface area contributed by atoms with Gasteiger partial charge in [0.05, 0.1) is 0 Å². The number of carbonyl (C=O) groups is 1. The van der Waals surface area contributed by atoms with Gasteiger partial charge in [0.15, 0.2) is 0 Å². The molecule has 0 amide bonds. The first-order chi connectivity index (χ1) is 6.15. The van der Waals surface area contributed by atoms with Crippen LogP contribution in [0.25, 0.3) is 0 Å². The maximum atomic E-state index is 10.9. The molecular weight excluding hydrogens is 162 g/mol. The van der Waals surface area contributed by atoms with Crippen LogP contribution in [-0.2, 0) is 11.2 Å². The third kappa shape index (κ3) is 2.16. The summed E-state index contributed by atoms with van der Waals surface area (Å²) < 4.78 is 0. The Morgan fingerprint density at radius 2 is 1.92 bits per heavy atom. The molecule has 0 radical (unpaired) electrons. The lowest BCUT2D eigenvalue weighted by Gasteiger charge is -2.05. The second-order valence-electron chi connectivity index (χ2n) is 3.08. The Hall–Kier alpha value is -1.62. The molecule has 0 atom stereocenters. The summed E-state index contributed by atoms with van der Waals surface area (Å²) in [6.07, 6.45) is 0.231. The molecule has 0 unspecified atom stereocenters. The number of hydrogen-bond acceptors (Lipinski definition) is 2. The Kier molecular flexibility index (Phi) is 2.81. The molecule has 1 aromatic carbocycles. The molecule has 0 fully saturated rings. The summed E-state index contributed by atoms with van der Waals surface area (Å²) >= 11 is 0. The molecule has 0 N–H and O–H groups in total. The van der Waals surface area contributed by atoms with Crippen LogP contribution in [0.2, 0.25) is 0 Å². The zero-order chi connectivity index (χ0) is 9.84. The van der Waals surface area contributed by atoms with E-state index in [9.17, 15) is 4.79 Å². The average Bonchev–Trinajstić information content (AvgIpc) is 2.11. The predicted octanol–water partition coefficient (Wildman–Crippen LogP) is 1.94. The molecule has 2 nitrogen and oxygen atoms in total. The molecule has 13 heavy (non-hydrogen) atoms. The van der Waals surface area contributed by atoms with E-state index in [0.717, 1.165) is 16.7 Å². The molecule has 66 valence electrons. The van der Waals surface area contributed by atoms with Gasteiger partial charge in [0.1, 0.15) is 6.07 Å². The summed E-state index contributed by atoms with van der Waals surface area (Å²) in [5.74, 6) is -0.377. The minimum absolute atomic E-state index is 0.231. The summed E-state index contributed by atoms with van der Waals surface area (Å²) in [5.41, 5.74) is 3.13. The number of hydrogen-bond donors (Lipinski definition) is 0. The summed E-state index contributed by atoms with van der Waals surface area (Å²) in [4.78, 5) is 10.9. The largest absolute Gasteiger partial charge is 0.282 e. The van der Waals surface area contributed by atoms with Crippen molar-refractivity contribution in [3.63, 3.8) is 0 Å². The summed E-state index contributed by atoms with van der Waals surface area (Å²) in [7, 11) is 0. The molecule has 0 saturated carbocycles. The van der Waals surface area contributed by atoms with Gasteiger partial charge in [-0.25, -0.2) is 0 Å². The highest BCUT2D eigenvalue weighted by Gasteiger charge is 2.06. The van der Waals surface area contributed by atoms with Crippen molar-refractivity contribution in [2.45, 2.75) is 20.3 Å². The van der Waals surface area contributed by atoms with Gasteiger partial charge in [-0.15, -0.1) is 0 Å². The Morgan fingerprint density at radius 3 is 2.38 bits per heavy atom. The lowest BCUT2D eigenvalue weighted by molar-refractivity contribution is -0.113. The first-order valence-corrected chi connectivity index (χ1v) is 4.13. The highest BCUT2D eigenvalue weighted by atomic mass is 16.1. The van der Waals surface area contributed by atoms with Crippen molar-refractivity contribution in [1.29, 1.82) is 5.26 Å². The van der Waals surface area contributed by atoms with Gasteiger partial charge in [0.2, 0.25) is 5.78 Å². The van der Waals surface area contributed by atoms with Crippen LogP contribution in [0, 0.1) is 25.2 Å². The van der Waals surface area contributed by atoms with Crippen molar-refractivity contribution >= 4 is 5.78 Å². The van der Waals surface area contributed by atoms with Crippen molar-refractivity contribution in [3.05, 3.63) is 34.9 Å². The van der Waals surface area contributed by atoms with Gasteiger partial charge in [0, 0.05) is 6.42 Å². The second kappa shape index (κ2) is 3.86. The van der Waals surface area contributed by atoms with Crippen molar-refractivity contribution in [2.75, 3.05) is 0 Å². The molecule has 0 aromatic heterocycles. The van der Waals surface area contributed by atoms with Crippen molar-refractivity contribution < 1.29 is 4.79 Å². The number of aryl methyl sites for hydroxylation is 2. The average molecular weight is 173 g/mol. The van der Waals surface area contributed by atoms with Crippen LogP contribution in [0.15, 0.2) is 18.2 Å². The Labute approximate surface area is 77.8 Å². The topological polar surface area (TPSA) is 40.9 Å². The summed E-state index contributed by atoms with van der Waals surface area (Å²) in [6, 6.07) is 7.48. The van der Waals surface area contributed by atoms with Crippen LogP contribution in [0.4, 0.5) is 0 Å². The third-order valence-corrected chi connectivity index (χ3v) is 2.11. The Morgan fingerprint density at radius 1 is 1.38 bits per heavy atom. The standard InChI is InChI=1S/C11H11NO/c1-8-4-3-5-9(2)11(8)6-10(13)7-12/h3-5H,6H2,1-2H3. The number of rotatable bonds is 2. The van der Waals surface area contributed by atoms with Gasteiger partial charge >= 0.3 is 0 Å². The Bertz CT molecular complexity index is 354. The lowest BCUT2D eigenvalue weighted by Crippen LogP contribution is -2.02. The van der Waals surface area contributed by atoms with Gasteiger partial charge in [0.25, 0.3) is 0 Å². The van der Waals surface area contributed by atoms with Crippen LogP contribution < -0.4 is 0 Å². The van der Waals surface area contributed by atoms with E-state index >= 15 is 0 Å². The molecule has 0 saturated heterocycles. The first-order valence-electron chi connectivity index (χ1n) is 4.13. The van der Waals surface area contributed by atoms with Crippen molar-refractivity contribution in [1.82, 2.24) is 0 Å². The van der Waals surface area contributed by atoms with Crippen molar-refractivity contribution in [2.24, 2.45) is 0 Å². The normalized spacial score (nSPS) is 9.31. The van der Waals surface area contributed by atoms with Crippen LogP contribution >= 0.6 is 0 Å². The SMILES string of the molecule is Cc1cccc(C)c1CC(=O)C#N. The molecule has 0 aliphatic rings. The first kappa shape index (κ1) is 9.47. The minimum Gasteiger partial charge on any atom is -0.282 e. The van der Waals surface area contributed by atoms with Gasteiger partial charge in [-0.05, 0) is 30.5 Å². The van der Waals surface area contributed by atoms with E-state index in [4.69, 9.17) is 5.26 Å². The zero-order valence-electron chi connectivity index (χ0n) is 7.79. The van der Waals surface area contributed by atoms with Crippen LogP contribution in [0.3, 0.4) is 0 Å². The van der Waals surface area contributed by atoms with Crippen LogP contribution in [-0.4, -0.2) is 5.78 Å². The smallest absolute Gasteiger partial charge is 0.236 e. The molecule has 0 spiro atoms.